The Bertz CT molecular complexity index is 1420. The van der Waals surface area contributed by atoms with Crippen LogP contribution in [0, 0.1) is 19.3 Å². The quantitative estimate of drug-likeness (QED) is 0.318. The van der Waals surface area contributed by atoms with E-state index in [1.54, 1.807) is 9.91 Å². The summed E-state index contributed by atoms with van der Waals surface area (Å²) in [6, 6.07) is 25.6. The van der Waals surface area contributed by atoms with E-state index in [0.29, 0.717) is 31.9 Å². The van der Waals surface area contributed by atoms with Crippen LogP contribution in [0.15, 0.2) is 84.9 Å². The molecule has 9 heteroatoms. The van der Waals surface area contributed by atoms with Gasteiger partial charge in [0.05, 0.1) is 32.8 Å². The Hall–Kier alpha value is -4.65. The van der Waals surface area contributed by atoms with Crippen molar-refractivity contribution in [3.05, 3.63) is 107 Å². The molecule has 2 aliphatic heterocycles. The predicted molar refractivity (Wildman–Crippen MR) is 158 cm³/mol. The molecule has 2 fully saturated rings. The number of hydrogen-bond acceptors (Lipinski definition) is 5. The zero-order chi connectivity index (χ0) is 29.5. The summed E-state index contributed by atoms with van der Waals surface area (Å²) in [4.78, 5) is 44.5. The molecular formula is C33H35N5O4. The third kappa shape index (κ3) is 6.46. The summed E-state index contributed by atoms with van der Waals surface area (Å²) in [7, 11) is 0. The number of aryl methyl sites for hydroxylation is 1. The summed E-state index contributed by atoms with van der Waals surface area (Å²) >= 11 is 0. The fraction of sp³-hybridized carbons (Fsp3) is 0.303. The van der Waals surface area contributed by atoms with E-state index in [2.05, 4.69) is 11.2 Å². The second kappa shape index (κ2) is 13.3. The van der Waals surface area contributed by atoms with Crippen molar-refractivity contribution in [2.24, 2.45) is 0 Å². The largest absolute Gasteiger partial charge is 0.375 e. The van der Waals surface area contributed by atoms with Gasteiger partial charge in [0.15, 0.2) is 0 Å². The second-order valence-corrected chi connectivity index (χ2v) is 10.4. The highest BCUT2D eigenvalue weighted by molar-refractivity contribution is 5.92. The van der Waals surface area contributed by atoms with Gasteiger partial charge in [0.2, 0.25) is 11.8 Å². The molecule has 0 unspecified atom stereocenters. The number of piperazine rings is 1. The van der Waals surface area contributed by atoms with Gasteiger partial charge in [0.1, 0.15) is 12.2 Å². The van der Waals surface area contributed by atoms with Crippen molar-refractivity contribution in [1.29, 1.82) is 0 Å². The lowest BCUT2D eigenvalue weighted by molar-refractivity contribution is -0.190. The maximum absolute atomic E-state index is 13.9. The molecule has 0 spiro atoms. The van der Waals surface area contributed by atoms with Crippen molar-refractivity contribution < 1.29 is 19.1 Å². The van der Waals surface area contributed by atoms with Crippen molar-refractivity contribution in [3.63, 3.8) is 0 Å². The Balaban J connectivity index is 1.39. The highest BCUT2D eigenvalue weighted by atomic mass is 16.5. The van der Waals surface area contributed by atoms with E-state index in [9.17, 15) is 14.4 Å². The molecular weight excluding hydrogens is 530 g/mol. The zero-order valence-corrected chi connectivity index (χ0v) is 23.7. The number of carbonyl (C=O) groups excluding carboxylic acids is 3. The number of terminal acetylenes is 1. The molecule has 5 rings (SSSR count). The smallest absolute Gasteiger partial charge is 0.334 e. The van der Waals surface area contributed by atoms with Crippen LogP contribution in [0.1, 0.15) is 28.3 Å². The molecule has 0 bridgehead atoms. The number of amides is 4. The van der Waals surface area contributed by atoms with Crippen LogP contribution in [0.4, 0.5) is 4.79 Å². The maximum Gasteiger partial charge on any atom is 0.334 e. The highest BCUT2D eigenvalue weighted by Gasteiger charge is 2.51. The molecule has 0 aliphatic carbocycles. The van der Waals surface area contributed by atoms with Gasteiger partial charge < -0.3 is 19.9 Å². The van der Waals surface area contributed by atoms with E-state index >= 15 is 0 Å². The van der Waals surface area contributed by atoms with Gasteiger partial charge >= 0.3 is 6.03 Å². The number of rotatable bonds is 9. The summed E-state index contributed by atoms with van der Waals surface area (Å²) in [6.07, 6.45) is 4.89. The molecule has 2 atom stereocenters. The Morgan fingerprint density at radius 3 is 2.36 bits per heavy atom. The lowest BCUT2D eigenvalue weighted by Gasteiger charge is -2.54. The standard InChI is InChI=1S/C33H35N5O4/c1-3-18-36-23-30(39)37-29(38(36)33(41)34-21-26-10-6-4-7-11-26)22-35(32(40)31(37)28-12-8-5-9-13-28)19-20-42-24-27-16-14-25(2)15-17-27/h1,4-17,29,31H,18-24H2,2H3,(H,34,41)/t29-,31-/m0/s1. The summed E-state index contributed by atoms with van der Waals surface area (Å²) in [5, 5.41) is 6.05. The van der Waals surface area contributed by atoms with Gasteiger partial charge in [-0.3, -0.25) is 9.59 Å². The molecule has 2 aliphatic rings. The first-order chi connectivity index (χ1) is 20.5. The van der Waals surface area contributed by atoms with Crippen LogP contribution in [-0.4, -0.2) is 76.6 Å². The van der Waals surface area contributed by atoms with E-state index in [0.717, 1.165) is 11.1 Å². The van der Waals surface area contributed by atoms with Crippen molar-refractivity contribution in [2.45, 2.75) is 32.3 Å². The SMILES string of the molecule is C#CCN1CC(=O)N2[C@@H](c3ccccc3)C(=O)N(CCOCc3ccc(C)cc3)C[C@@H]2N1C(=O)NCc1ccccc1. The number of nitrogens with one attached hydrogen (secondary N) is 1. The van der Waals surface area contributed by atoms with Crippen molar-refractivity contribution in [3.8, 4) is 12.3 Å². The number of hydrogen-bond donors (Lipinski definition) is 1. The second-order valence-electron chi connectivity index (χ2n) is 10.4. The summed E-state index contributed by atoms with van der Waals surface area (Å²) in [5.74, 6) is 2.10. The minimum absolute atomic E-state index is 0.0679. The first kappa shape index (κ1) is 28.9. The van der Waals surface area contributed by atoms with Gasteiger partial charge in [-0.2, -0.15) is 5.01 Å². The summed E-state index contributed by atoms with van der Waals surface area (Å²) in [6.45, 7) is 3.44. The van der Waals surface area contributed by atoms with Crippen molar-refractivity contribution in [1.82, 2.24) is 25.1 Å². The van der Waals surface area contributed by atoms with E-state index in [-0.39, 0.29) is 31.4 Å². The molecule has 3 aromatic carbocycles. The van der Waals surface area contributed by atoms with Crippen LogP contribution >= 0.6 is 0 Å². The maximum atomic E-state index is 13.9. The minimum Gasteiger partial charge on any atom is -0.375 e. The Morgan fingerprint density at radius 1 is 0.976 bits per heavy atom. The third-order valence-electron chi connectivity index (χ3n) is 7.50. The topological polar surface area (TPSA) is 85.4 Å². The van der Waals surface area contributed by atoms with Gasteiger partial charge in [-0.15, -0.1) is 6.42 Å². The average Bonchev–Trinajstić information content (AvgIpc) is 3.00. The molecule has 42 heavy (non-hydrogen) atoms. The lowest BCUT2D eigenvalue weighted by Crippen LogP contribution is -2.74. The van der Waals surface area contributed by atoms with Gasteiger partial charge in [-0.1, -0.05) is 96.4 Å². The minimum atomic E-state index is -0.882. The Labute approximate surface area is 246 Å². The van der Waals surface area contributed by atoms with Gasteiger partial charge in [-0.25, -0.2) is 9.80 Å². The predicted octanol–water partition coefficient (Wildman–Crippen LogP) is 3.33. The van der Waals surface area contributed by atoms with Crippen LogP contribution in [0.5, 0.6) is 0 Å². The molecule has 0 aromatic heterocycles. The molecule has 1 N–H and O–H groups in total. The van der Waals surface area contributed by atoms with Crippen LogP contribution < -0.4 is 5.32 Å². The number of benzene rings is 3. The lowest BCUT2D eigenvalue weighted by atomic mass is 9.99. The molecule has 216 valence electrons. The van der Waals surface area contributed by atoms with E-state index in [4.69, 9.17) is 11.2 Å². The van der Waals surface area contributed by atoms with Crippen molar-refractivity contribution >= 4 is 17.8 Å². The Morgan fingerprint density at radius 2 is 1.67 bits per heavy atom. The molecule has 0 saturated carbocycles. The number of urea groups is 1. The van der Waals surface area contributed by atoms with Gasteiger partial charge in [-0.05, 0) is 23.6 Å². The zero-order valence-electron chi connectivity index (χ0n) is 23.7. The van der Waals surface area contributed by atoms with Crippen LogP contribution in [0.3, 0.4) is 0 Å². The molecule has 2 saturated heterocycles. The van der Waals surface area contributed by atoms with Gasteiger partial charge in [0, 0.05) is 13.1 Å². The number of carbonyl (C=O) groups is 3. The molecule has 0 radical (unpaired) electrons. The molecule has 2 heterocycles. The van der Waals surface area contributed by atoms with Crippen LogP contribution in [0.25, 0.3) is 0 Å². The number of nitrogens with zero attached hydrogens (tertiary/aromatic N) is 4. The normalized spacial score (nSPS) is 18.9. The first-order valence-electron chi connectivity index (χ1n) is 14.0. The van der Waals surface area contributed by atoms with E-state index in [1.165, 1.54) is 15.5 Å². The number of fused-ring (bicyclic) bond motifs is 1. The molecule has 4 amide bonds. The fourth-order valence-electron chi connectivity index (χ4n) is 5.39. The molecule has 9 nitrogen and oxygen atoms in total. The number of ether oxygens (including phenoxy) is 1. The first-order valence-corrected chi connectivity index (χ1v) is 14.0. The van der Waals surface area contributed by atoms with Gasteiger partial charge in [0.25, 0.3) is 0 Å². The third-order valence-corrected chi connectivity index (χ3v) is 7.50. The van der Waals surface area contributed by atoms with Crippen molar-refractivity contribution in [2.75, 3.05) is 32.8 Å². The molecule has 3 aromatic rings. The van der Waals surface area contributed by atoms with E-state index < -0.39 is 18.2 Å². The monoisotopic (exact) mass is 565 g/mol. The van der Waals surface area contributed by atoms with Crippen LogP contribution in [0.2, 0.25) is 0 Å². The Kier molecular flexibility index (Phi) is 9.17. The average molecular weight is 566 g/mol. The number of hydrazine groups is 1. The fourth-order valence-corrected chi connectivity index (χ4v) is 5.39. The van der Waals surface area contributed by atoms with Crippen LogP contribution in [-0.2, 0) is 27.5 Å². The van der Waals surface area contributed by atoms with E-state index in [1.807, 2.05) is 91.9 Å². The summed E-state index contributed by atoms with van der Waals surface area (Å²) < 4.78 is 5.93. The highest BCUT2D eigenvalue weighted by Crippen LogP contribution is 2.34. The summed E-state index contributed by atoms with van der Waals surface area (Å²) in [5.41, 5.74) is 3.84.